The van der Waals surface area contributed by atoms with E-state index in [2.05, 4.69) is 111 Å². The van der Waals surface area contributed by atoms with Gasteiger partial charge in [0.1, 0.15) is 23.2 Å². The van der Waals surface area contributed by atoms with Gasteiger partial charge in [0, 0.05) is 14.1 Å². The smallest absolute Gasteiger partial charge is 0.127 e. The highest BCUT2D eigenvalue weighted by Crippen LogP contribution is 2.53. The molecule has 0 amide bonds. The number of benzene rings is 3. The van der Waals surface area contributed by atoms with Crippen molar-refractivity contribution in [3.05, 3.63) is 84.9 Å². The Kier molecular flexibility index (Phi) is 4.50. The molecule has 1 nitrogen and oxygen atoms in total. The van der Waals surface area contributed by atoms with Gasteiger partial charge in [-0.1, -0.05) is 48.5 Å². The lowest BCUT2D eigenvalue weighted by Crippen LogP contribution is -2.33. The van der Waals surface area contributed by atoms with Gasteiger partial charge in [-0.3, -0.25) is 0 Å². The summed E-state index contributed by atoms with van der Waals surface area (Å²) in [7, 11) is 2.59. The van der Waals surface area contributed by atoms with Crippen LogP contribution in [0, 0.1) is 0 Å². The fraction of sp³-hybridized carbons (Fsp3) is 0.143. The lowest BCUT2D eigenvalue weighted by Gasteiger charge is -2.27. The second-order valence-corrected chi connectivity index (χ2v) is 9.59. The van der Waals surface area contributed by atoms with Crippen LogP contribution in [0.4, 0.5) is 5.69 Å². The molecule has 0 spiro atoms. The minimum absolute atomic E-state index is 1.30. The Morgan fingerprint density at radius 3 is 1.52 bits per heavy atom. The number of anilines is 1. The molecule has 0 radical (unpaired) electrons. The third-order valence-electron chi connectivity index (χ3n) is 4.39. The Morgan fingerprint density at radius 2 is 1.04 bits per heavy atom. The molecule has 0 bridgehead atoms. The van der Waals surface area contributed by atoms with Gasteiger partial charge in [0.05, 0.1) is 12.4 Å². The van der Waals surface area contributed by atoms with Crippen molar-refractivity contribution in [2.45, 2.75) is 0 Å². The van der Waals surface area contributed by atoms with Crippen LogP contribution in [-0.2, 0) is 0 Å². The first kappa shape index (κ1) is 15.8. The van der Waals surface area contributed by atoms with Crippen molar-refractivity contribution >= 4 is 28.9 Å². The number of nitrogens with zero attached hydrogens (tertiary/aromatic N) is 1. The van der Waals surface area contributed by atoms with Gasteiger partial charge in [-0.15, -0.1) is 0 Å². The monoisotopic (exact) mass is 320 g/mol. The molecule has 0 saturated heterocycles. The minimum Gasteiger partial charge on any atom is -0.374 e. The first-order valence-corrected chi connectivity index (χ1v) is 10.1. The molecule has 3 rings (SSSR count). The van der Waals surface area contributed by atoms with Crippen LogP contribution >= 0.6 is 7.26 Å². The molecule has 0 aliphatic heterocycles. The zero-order chi connectivity index (χ0) is 16.3. The lowest BCUT2D eigenvalue weighted by molar-refractivity contribution is 1.14. The molecule has 0 atom stereocenters. The van der Waals surface area contributed by atoms with Crippen LogP contribution in [0.1, 0.15) is 0 Å². The van der Waals surface area contributed by atoms with Gasteiger partial charge in [0.2, 0.25) is 0 Å². The maximum atomic E-state index is 2.43. The number of hydrogen-bond donors (Lipinski definition) is 0. The predicted molar refractivity (Wildman–Crippen MR) is 105 cm³/mol. The number of rotatable bonds is 4. The highest BCUT2D eigenvalue weighted by molar-refractivity contribution is 7.95. The van der Waals surface area contributed by atoms with Crippen molar-refractivity contribution in [2.24, 2.45) is 0 Å². The van der Waals surface area contributed by atoms with Gasteiger partial charge in [0.15, 0.2) is 0 Å². The van der Waals surface area contributed by atoms with E-state index in [0.29, 0.717) is 0 Å². The van der Waals surface area contributed by atoms with E-state index in [9.17, 15) is 0 Å². The van der Waals surface area contributed by atoms with E-state index in [1.807, 2.05) is 0 Å². The predicted octanol–water partition coefficient (Wildman–Crippen LogP) is 3.68. The van der Waals surface area contributed by atoms with Gasteiger partial charge in [-0.25, -0.2) is 0 Å². The molecule has 0 heterocycles. The molecule has 0 aliphatic rings. The van der Waals surface area contributed by atoms with Gasteiger partial charge in [-0.05, 0) is 36.4 Å². The summed E-state index contributed by atoms with van der Waals surface area (Å²) in [4.78, 5) is 2.22. The van der Waals surface area contributed by atoms with Crippen molar-refractivity contribution in [1.82, 2.24) is 0 Å². The van der Waals surface area contributed by atoms with Crippen molar-refractivity contribution in [2.75, 3.05) is 25.7 Å². The Bertz CT molecular complexity index is 727. The third kappa shape index (κ3) is 2.90. The summed E-state index contributed by atoms with van der Waals surface area (Å²) in [6, 6.07) is 30.7. The summed E-state index contributed by atoms with van der Waals surface area (Å²) in [6.07, 6.45) is 0. The van der Waals surface area contributed by atoms with E-state index in [1.54, 1.807) is 0 Å². The van der Waals surface area contributed by atoms with Crippen LogP contribution in [0.15, 0.2) is 84.9 Å². The standard InChI is InChI=1S/C21H23NP/c1-22(2)20-16-10-11-17-21(20)23(3,18-12-6-4-7-13-18)19-14-8-5-9-15-19/h4-17H,1-3H3/q+1. The van der Waals surface area contributed by atoms with Crippen LogP contribution < -0.4 is 20.8 Å². The van der Waals surface area contributed by atoms with Crippen LogP contribution in [0.2, 0.25) is 0 Å². The molecule has 2 heteroatoms. The van der Waals surface area contributed by atoms with Crippen molar-refractivity contribution in [1.29, 1.82) is 0 Å². The maximum Gasteiger partial charge on any atom is 0.127 e. The summed E-state index contributed by atoms with van der Waals surface area (Å²) < 4.78 is 0. The summed E-state index contributed by atoms with van der Waals surface area (Å²) in [5, 5.41) is 4.27. The molecule has 0 aliphatic carbocycles. The molecule has 116 valence electrons. The molecule has 3 aromatic carbocycles. The van der Waals surface area contributed by atoms with Gasteiger partial charge in [0.25, 0.3) is 0 Å². The van der Waals surface area contributed by atoms with Crippen LogP contribution in [0.25, 0.3) is 0 Å². The average Bonchev–Trinajstić information content (AvgIpc) is 2.62. The van der Waals surface area contributed by atoms with E-state index in [4.69, 9.17) is 0 Å². The number of para-hydroxylation sites is 1. The maximum absolute atomic E-state index is 2.43. The van der Waals surface area contributed by atoms with E-state index < -0.39 is 7.26 Å². The summed E-state index contributed by atoms with van der Waals surface area (Å²) in [6.45, 7) is 2.43. The SMILES string of the molecule is CN(C)c1ccccc1[P+](C)(c1ccccc1)c1ccccc1. The minimum atomic E-state index is -1.66. The molecule has 3 aromatic rings. The first-order chi connectivity index (χ1) is 11.1. The second kappa shape index (κ2) is 6.56. The highest BCUT2D eigenvalue weighted by Gasteiger charge is 2.42. The van der Waals surface area contributed by atoms with E-state index in [-0.39, 0.29) is 0 Å². The molecule has 0 fully saturated rings. The molecule has 0 N–H and O–H groups in total. The highest BCUT2D eigenvalue weighted by atomic mass is 31.2. The Balaban J connectivity index is 2.30. The molecule has 0 saturated carbocycles. The molecular formula is C21H23NP+. The van der Waals surface area contributed by atoms with Crippen LogP contribution in [0.3, 0.4) is 0 Å². The summed E-state index contributed by atoms with van der Waals surface area (Å²) in [5.74, 6) is 0. The normalized spacial score (nSPS) is 11.3. The molecule has 23 heavy (non-hydrogen) atoms. The van der Waals surface area contributed by atoms with Crippen molar-refractivity contribution < 1.29 is 0 Å². The molecular weight excluding hydrogens is 297 g/mol. The van der Waals surface area contributed by atoms with E-state index in [0.717, 1.165) is 0 Å². The van der Waals surface area contributed by atoms with E-state index >= 15 is 0 Å². The zero-order valence-electron chi connectivity index (χ0n) is 14.0. The zero-order valence-corrected chi connectivity index (χ0v) is 14.9. The Hall–Kier alpha value is -2.11. The second-order valence-electron chi connectivity index (χ2n) is 6.06. The lowest BCUT2D eigenvalue weighted by atomic mass is 10.3. The van der Waals surface area contributed by atoms with Crippen molar-refractivity contribution in [3.8, 4) is 0 Å². The third-order valence-corrected chi connectivity index (χ3v) is 8.39. The largest absolute Gasteiger partial charge is 0.374 e. The van der Waals surface area contributed by atoms with E-state index in [1.165, 1.54) is 21.6 Å². The summed E-state index contributed by atoms with van der Waals surface area (Å²) >= 11 is 0. The molecule has 0 aromatic heterocycles. The fourth-order valence-corrected chi connectivity index (χ4v) is 6.61. The van der Waals surface area contributed by atoms with Crippen LogP contribution in [0.5, 0.6) is 0 Å². The van der Waals surface area contributed by atoms with Crippen molar-refractivity contribution in [3.63, 3.8) is 0 Å². The topological polar surface area (TPSA) is 3.24 Å². The Morgan fingerprint density at radius 1 is 0.609 bits per heavy atom. The molecule has 0 unspecified atom stereocenters. The van der Waals surface area contributed by atoms with Gasteiger partial charge >= 0.3 is 0 Å². The van der Waals surface area contributed by atoms with Crippen LogP contribution in [-0.4, -0.2) is 20.8 Å². The Labute approximate surface area is 139 Å². The number of hydrogen-bond acceptors (Lipinski definition) is 1. The van der Waals surface area contributed by atoms with Gasteiger partial charge < -0.3 is 4.90 Å². The average molecular weight is 320 g/mol. The van der Waals surface area contributed by atoms with Gasteiger partial charge in [-0.2, -0.15) is 0 Å². The first-order valence-electron chi connectivity index (χ1n) is 7.88. The summed E-state index contributed by atoms with van der Waals surface area (Å²) in [5.41, 5.74) is 1.30. The quantitative estimate of drug-likeness (QED) is 0.663. The fourth-order valence-electron chi connectivity index (χ4n) is 3.10.